The fourth-order valence-electron chi connectivity index (χ4n) is 3.84. The normalized spacial score (nSPS) is 20.5. The average molecular weight is 434 g/mol. The van der Waals surface area contributed by atoms with Crippen molar-refractivity contribution in [3.8, 4) is 17.0 Å². The Labute approximate surface area is 176 Å². The molecule has 0 aromatic carbocycles. The maximum absolute atomic E-state index is 12.7. The number of aliphatic carboxylic acids is 1. The molecular weight excluding hydrogens is 413 g/mol. The van der Waals surface area contributed by atoms with E-state index in [1.165, 1.54) is 0 Å². The number of nitrogens with one attached hydrogen (secondary N) is 1. The molecule has 2 aromatic heterocycles. The van der Waals surface area contributed by atoms with Gasteiger partial charge in [-0.15, -0.1) is 0 Å². The number of carboxylic acid groups (broad SMARTS) is 1. The standard InChI is InChI=1S/C21H21F3N4O3/c22-21(23,24)16-11-27-18(28-16)15-5-3-13(9-25-15)14-4-6-17(26-10-14)31-12-20(19(29)30)7-1-2-8-20/h3-6,9-10,18,27H,1-2,7-8,11-12H2,(H,29,30). The first-order valence-corrected chi connectivity index (χ1v) is 9.93. The van der Waals surface area contributed by atoms with Gasteiger partial charge >= 0.3 is 12.1 Å². The zero-order valence-corrected chi connectivity index (χ0v) is 16.5. The van der Waals surface area contributed by atoms with Crippen LogP contribution in [0.1, 0.15) is 37.5 Å². The smallest absolute Gasteiger partial charge is 0.430 e. The topological polar surface area (TPSA) is 96.7 Å². The van der Waals surface area contributed by atoms with Crippen molar-refractivity contribution in [3.05, 3.63) is 42.4 Å². The van der Waals surface area contributed by atoms with E-state index in [1.54, 1.807) is 36.7 Å². The number of aliphatic imine (C=N–C) groups is 1. The van der Waals surface area contributed by atoms with Gasteiger partial charge in [-0.2, -0.15) is 13.2 Å². The van der Waals surface area contributed by atoms with Crippen molar-refractivity contribution in [2.24, 2.45) is 10.4 Å². The summed E-state index contributed by atoms with van der Waals surface area (Å²) >= 11 is 0. The van der Waals surface area contributed by atoms with E-state index in [9.17, 15) is 23.1 Å². The minimum absolute atomic E-state index is 0.0831. The molecule has 1 fully saturated rings. The lowest BCUT2D eigenvalue weighted by molar-refractivity contribution is -0.150. The van der Waals surface area contributed by atoms with Gasteiger partial charge in [0.25, 0.3) is 0 Å². The second kappa shape index (κ2) is 8.26. The minimum atomic E-state index is -4.45. The summed E-state index contributed by atoms with van der Waals surface area (Å²) in [5.74, 6) is -0.499. The second-order valence-corrected chi connectivity index (χ2v) is 7.80. The Hall–Kier alpha value is -3.01. The van der Waals surface area contributed by atoms with E-state index in [0.717, 1.165) is 24.0 Å². The van der Waals surface area contributed by atoms with E-state index >= 15 is 0 Å². The highest BCUT2D eigenvalue weighted by molar-refractivity contribution is 5.93. The van der Waals surface area contributed by atoms with E-state index in [-0.39, 0.29) is 13.2 Å². The van der Waals surface area contributed by atoms with Crippen molar-refractivity contribution < 1.29 is 27.8 Å². The SMILES string of the molecule is O=C(O)C1(COc2ccc(-c3ccc(C4N=C(C(F)(F)F)CN4)nc3)cn2)CCCC1. The predicted molar refractivity (Wildman–Crippen MR) is 106 cm³/mol. The van der Waals surface area contributed by atoms with Crippen LogP contribution in [-0.4, -0.2) is 46.1 Å². The highest BCUT2D eigenvalue weighted by atomic mass is 19.4. The molecule has 1 aliphatic carbocycles. The molecule has 7 nitrogen and oxygen atoms in total. The number of alkyl halides is 3. The number of rotatable bonds is 6. The third-order valence-electron chi connectivity index (χ3n) is 5.72. The van der Waals surface area contributed by atoms with Crippen LogP contribution in [0.25, 0.3) is 11.1 Å². The number of hydrogen-bond acceptors (Lipinski definition) is 6. The van der Waals surface area contributed by atoms with Gasteiger partial charge in [0.15, 0.2) is 0 Å². The molecule has 0 radical (unpaired) electrons. The van der Waals surface area contributed by atoms with E-state index in [4.69, 9.17) is 4.74 Å². The highest BCUT2D eigenvalue weighted by Gasteiger charge is 2.42. The van der Waals surface area contributed by atoms with Gasteiger partial charge in [0.1, 0.15) is 23.9 Å². The molecule has 10 heteroatoms. The molecule has 4 rings (SSSR count). The number of nitrogens with zero attached hydrogens (tertiary/aromatic N) is 3. The zero-order chi connectivity index (χ0) is 22.1. The Bertz CT molecular complexity index is 969. The summed E-state index contributed by atoms with van der Waals surface area (Å²) in [6.45, 7) is -0.258. The van der Waals surface area contributed by atoms with Crippen LogP contribution < -0.4 is 10.1 Å². The molecular formula is C21H21F3N4O3. The number of carboxylic acids is 1. The molecule has 0 bridgehead atoms. The van der Waals surface area contributed by atoms with Gasteiger partial charge in [-0.3, -0.25) is 20.1 Å². The first-order valence-electron chi connectivity index (χ1n) is 9.93. The first kappa shape index (κ1) is 21.2. The van der Waals surface area contributed by atoms with Crippen LogP contribution in [0.2, 0.25) is 0 Å². The summed E-state index contributed by atoms with van der Waals surface area (Å²) in [6, 6.07) is 6.79. The predicted octanol–water partition coefficient (Wildman–Crippen LogP) is 3.77. The summed E-state index contributed by atoms with van der Waals surface area (Å²) in [7, 11) is 0. The number of pyridine rings is 2. The molecule has 2 aliphatic rings. The molecule has 0 saturated heterocycles. The minimum Gasteiger partial charge on any atom is -0.481 e. The van der Waals surface area contributed by atoms with Gasteiger partial charge in [0, 0.05) is 36.1 Å². The number of carbonyl (C=O) groups is 1. The van der Waals surface area contributed by atoms with E-state index in [1.807, 2.05) is 0 Å². The Morgan fingerprint density at radius 3 is 2.32 bits per heavy atom. The molecule has 1 atom stereocenters. The summed E-state index contributed by atoms with van der Waals surface area (Å²) in [5.41, 5.74) is 0.192. The van der Waals surface area contributed by atoms with Gasteiger partial charge in [-0.25, -0.2) is 4.98 Å². The van der Waals surface area contributed by atoms with Crippen LogP contribution in [0, 0.1) is 5.41 Å². The van der Waals surface area contributed by atoms with Crippen molar-refractivity contribution in [1.82, 2.24) is 15.3 Å². The molecule has 0 spiro atoms. The number of aromatic nitrogens is 2. The van der Waals surface area contributed by atoms with E-state index in [2.05, 4.69) is 20.3 Å². The van der Waals surface area contributed by atoms with Crippen LogP contribution in [0.3, 0.4) is 0 Å². The fourth-order valence-corrected chi connectivity index (χ4v) is 3.84. The number of halogens is 3. The Balaban J connectivity index is 1.40. The van der Waals surface area contributed by atoms with Gasteiger partial charge < -0.3 is 9.84 Å². The Kier molecular flexibility index (Phi) is 5.65. The summed E-state index contributed by atoms with van der Waals surface area (Å²) in [4.78, 5) is 23.7. The van der Waals surface area contributed by atoms with Gasteiger partial charge in [0.2, 0.25) is 5.88 Å². The third-order valence-corrected chi connectivity index (χ3v) is 5.72. The first-order chi connectivity index (χ1) is 14.8. The Morgan fingerprint density at radius 2 is 1.81 bits per heavy atom. The van der Waals surface area contributed by atoms with E-state index in [0.29, 0.717) is 24.4 Å². The van der Waals surface area contributed by atoms with Crippen molar-refractivity contribution in [1.29, 1.82) is 0 Å². The number of hydrogen-bond donors (Lipinski definition) is 2. The molecule has 164 valence electrons. The van der Waals surface area contributed by atoms with Crippen molar-refractivity contribution in [2.45, 2.75) is 38.0 Å². The molecule has 1 unspecified atom stereocenters. The average Bonchev–Trinajstić information content (AvgIpc) is 3.43. The molecule has 3 heterocycles. The summed E-state index contributed by atoms with van der Waals surface area (Å²) in [6.07, 6.45) is 0.825. The quantitative estimate of drug-likeness (QED) is 0.719. The molecule has 0 amide bonds. The zero-order valence-electron chi connectivity index (χ0n) is 16.5. The Morgan fingerprint density at radius 1 is 1.13 bits per heavy atom. The lowest BCUT2D eigenvalue weighted by Crippen LogP contribution is -2.34. The lowest BCUT2D eigenvalue weighted by Gasteiger charge is -2.23. The monoisotopic (exact) mass is 434 g/mol. The third kappa shape index (κ3) is 4.53. The number of ether oxygens (including phenoxy) is 1. The highest BCUT2D eigenvalue weighted by Crippen LogP contribution is 2.38. The van der Waals surface area contributed by atoms with Crippen molar-refractivity contribution in [2.75, 3.05) is 13.2 Å². The lowest BCUT2D eigenvalue weighted by atomic mass is 9.87. The van der Waals surface area contributed by atoms with Gasteiger partial charge in [0.05, 0.1) is 5.69 Å². The largest absolute Gasteiger partial charge is 0.481 e. The molecule has 2 N–H and O–H groups in total. The molecule has 1 aliphatic heterocycles. The molecule has 1 saturated carbocycles. The van der Waals surface area contributed by atoms with Crippen LogP contribution in [0.4, 0.5) is 13.2 Å². The van der Waals surface area contributed by atoms with Crippen LogP contribution in [0.5, 0.6) is 5.88 Å². The maximum Gasteiger partial charge on any atom is 0.430 e. The fraction of sp³-hybridized carbons (Fsp3) is 0.429. The molecule has 31 heavy (non-hydrogen) atoms. The van der Waals surface area contributed by atoms with Crippen LogP contribution in [0.15, 0.2) is 41.7 Å². The second-order valence-electron chi connectivity index (χ2n) is 7.80. The van der Waals surface area contributed by atoms with Gasteiger partial charge in [-0.1, -0.05) is 18.9 Å². The van der Waals surface area contributed by atoms with Gasteiger partial charge in [-0.05, 0) is 25.0 Å². The van der Waals surface area contributed by atoms with E-state index < -0.39 is 29.4 Å². The van der Waals surface area contributed by atoms with Crippen molar-refractivity contribution >= 4 is 11.7 Å². The van der Waals surface area contributed by atoms with Crippen LogP contribution >= 0.6 is 0 Å². The van der Waals surface area contributed by atoms with Crippen LogP contribution in [-0.2, 0) is 4.79 Å². The summed E-state index contributed by atoms with van der Waals surface area (Å²) in [5, 5.41) is 12.2. The summed E-state index contributed by atoms with van der Waals surface area (Å²) < 4.78 is 43.8. The molecule has 2 aromatic rings. The maximum atomic E-state index is 12.7. The van der Waals surface area contributed by atoms with Crippen molar-refractivity contribution in [3.63, 3.8) is 0 Å².